The van der Waals surface area contributed by atoms with E-state index >= 15 is 0 Å². The summed E-state index contributed by atoms with van der Waals surface area (Å²) in [4.78, 5) is 13.8. The van der Waals surface area contributed by atoms with Crippen LogP contribution in [0.2, 0.25) is 0 Å². The normalized spacial score (nSPS) is 12.5. The third-order valence-corrected chi connectivity index (χ3v) is 3.60. The second-order valence-electron chi connectivity index (χ2n) is 5.58. The Hall–Kier alpha value is -2.57. The summed E-state index contributed by atoms with van der Waals surface area (Å²) in [5, 5.41) is 20.2. The van der Waals surface area contributed by atoms with Crippen LogP contribution in [0.1, 0.15) is 6.92 Å². The molecule has 0 aliphatic rings. The zero-order valence-electron chi connectivity index (χ0n) is 13.9. The van der Waals surface area contributed by atoms with Crippen LogP contribution < -0.4 is 5.32 Å². The van der Waals surface area contributed by atoms with Crippen molar-refractivity contribution < 1.29 is 9.90 Å². The van der Waals surface area contributed by atoms with Crippen molar-refractivity contribution >= 4 is 23.0 Å². The first kappa shape index (κ1) is 17.8. The van der Waals surface area contributed by atoms with Gasteiger partial charge in [0.1, 0.15) is 0 Å². The molecule has 0 fully saturated rings. The van der Waals surface area contributed by atoms with Crippen LogP contribution in [0.3, 0.4) is 0 Å². The van der Waals surface area contributed by atoms with Crippen LogP contribution in [0, 0.1) is 0 Å². The van der Waals surface area contributed by atoms with Crippen molar-refractivity contribution in [1.29, 1.82) is 0 Å². The molecule has 0 aromatic heterocycles. The molecule has 0 saturated heterocycles. The molecule has 0 spiro atoms. The largest absolute Gasteiger partial charge is 0.395 e. The fourth-order valence-electron chi connectivity index (χ4n) is 1.94. The van der Waals surface area contributed by atoms with Gasteiger partial charge in [-0.1, -0.05) is 18.2 Å². The number of benzene rings is 2. The van der Waals surface area contributed by atoms with Gasteiger partial charge in [0.15, 0.2) is 0 Å². The second kappa shape index (κ2) is 8.90. The fraction of sp³-hybridized carbons (Fsp3) is 0.278. The molecule has 0 radical (unpaired) electrons. The van der Waals surface area contributed by atoms with Crippen molar-refractivity contribution in [3.8, 4) is 0 Å². The maximum absolute atomic E-state index is 12.0. The van der Waals surface area contributed by atoms with Gasteiger partial charge in [0.05, 0.1) is 24.5 Å². The lowest BCUT2D eigenvalue weighted by atomic mass is 10.2. The van der Waals surface area contributed by atoms with E-state index in [0.717, 1.165) is 5.69 Å². The van der Waals surface area contributed by atoms with Crippen LogP contribution in [0.4, 0.5) is 17.1 Å². The minimum atomic E-state index is -0.128. The summed E-state index contributed by atoms with van der Waals surface area (Å²) in [7, 11) is 1.80. The van der Waals surface area contributed by atoms with Crippen LogP contribution in [0.25, 0.3) is 0 Å². The molecule has 1 atom stereocenters. The van der Waals surface area contributed by atoms with E-state index in [2.05, 4.69) is 15.5 Å². The minimum absolute atomic E-state index is 0.0187. The standard InChI is InChI=1S/C18H22N4O2/c1-14(13-23)22(2)12-18(24)19-15-8-10-17(11-9-15)21-20-16-6-4-3-5-7-16/h3-11,14,23H,12-13H2,1-2H3,(H,19,24). The van der Waals surface area contributed by atoms with Gasteiger partial charge in [-0.2, -0.15) is 10.2 Å². The van der Waals surface area contributed by atoms with Gasteiger partial charge < -0.3 is 10.4 Å². The molecular formula is C18H22N4O2. The lowest BCUT2D eigenvalue weighted by molar-refractivity contribution is -0.117. The number of azo groups is 1. The predicted octanol–water partition coefficient (Wildman–Crippen LogP) is 3.35. The van der Waals surface area contributed by atoms with Gasteiger partial charge in [-0.3, -0.25) is 9.69 Å². The van der Waals surface area contributed by atoms with E-state index in [1.165, 1.54) is 0 Å². The van der Waals surface area contributed by atoms with E-state index in [1.54, 1.807) is 36.2 Å². The lowest BCUT2D eigenvalue weighted by Gasteiger charge is -2.21. The summed E-state index contributed by atoms with van der Waals surface area (Å²) in [5.41, 5.74) is 2.20. The molecule has 6 heteroatoms. The van der Waals surface area contributed by atoms with Gasteiger partial charge in [-0.05, 0) is 50.4 Å². The smallest absolute Gasteiger partial charge is 0.238 e. The number of carbonyl (C=O) groups excluding carboxylic acids is 1. The molecule has 0 bridgehead atoms. The van der Waals surface area contributed by atoms with Crippen molar-refractivity contribution in [1.82, 2.24) is 4.90 Å². The molecule has 24 heavy (non-hydrogen) atoms. The molecule has 1 amide bonds. The molecule has 2 aromatic carbocycles. The number of carbonyl (C=O) groups is 1. The number of hydrogen-bond acceptors (Lipinski definition) is 5. The zero-order chi connectivity index (χ0) is 17.4. The Bertz CT molecular complexity index is 671. The first-order valence-electron chi connectivity index (χ1n) is 7.76. The fourth-order valence-corrected chi connectivity index (χ4v) is 1.94. The molecule has 1 unspecified atom stereocenters. The van der Waals surface area contributed by atoms with Crippen molar-refractivity contribution in [3.63, 3.8) is 0 Å². The number of hydrogen-bond donors (Lipinski definition) is 2. The summed E-state index contributed by atoms with van der Waals surface area (Å²) in [6.45, 7) is 2.10. The highest BCUT2D eigenvalue weighted by atomic mass is 16.3. The number of nitrogens with one attached hydrogen (secondary N) is 1. The Morgan fingerprint density at radius 3 is 2.25 bits per heavy atom. The Balaban J connectivity index is 1.90. The highest BCUT2D eigenvalue weighted by Gasteiger charge is 2.12. The number of rotatable bonds is 7. The molecule has 0 aliphatic heterocycles. The summed E-state index contributed by atoms with van der Waals surface area (Å²) in [6, 6.07) is 16.6. The predicted molar refractivity (Wildman–Crippen MR) is 94.9 cm³/mol. The number of nitrogens with zero attached hydrogens (tertiary/aromatic N) is 3. The Labute approximate surface area is 141 Å². The lowest BCUT2D eigenvalue weighted by Crippen LogP contribution is -2.38. The first-order valence-corrected chi connectivity index (χ1v) is 7.76. The molecule has 2 N–H and O–H groups in total. The summed E-state index contributed by atoms with van der Waals surface area (Å²) in [5.74, 6) is -0.128. The maximum atomic E-state index is 12.0. The molecule has 0 saturated carbocycles. The average Bonchev–Trinajstić information content (AvgIpc) is 2.61. The summed E-state index contributed by atoms with van der Waals surface area (Å²) in [6.07, 6.45) is 0. The van der Waals surface area contributed by atoms with E-state index < -0.39 is 0 Å². The number of aliphatic hydroxyl groups is 1. The van der Waals surface area contributed by atoms with Crippen molar-refractivity contribution in [3.05, 3.63) is 54.6 Å². The van der Waals surface area contributed by atoms with E-state index in [0.29, 0.717) is 11.4 Å². The third kappa shape index (κ3) is 5.57. The van der Waals surface area contributed by atoms with Crippen LogP contribution in [0.5, 0.6) is 0 Å². The molecule has 2 aromatic rings. The maximum Gasteiger partial charge on any atom is 0.238 e. The number of anilines is 1. The van der Waals surface area contributed by atoms with E-state index in [1.807, 2.05) is 37.3 Å². The summed E-state index contributed by atoms with van der Waals surface area (Å²) < 4.78 is 0. The van der Waals surface area contributed by atoms with Crippen LogP contribution >= 0.6 is 0 Å². The number of aliphatic hydroxyl groups excluding tert-OH is 1. The van der Waals surface area contributed by atoms with E-state index in [-0.39, 0.29) is 25.1 Å². The van der Waals surface area contributed by atoms with Gasteiger partial charge in [0, 0.05) is 11.7 Å². The van der Waals surface area contributed by atoms with Gasteiger partial charge in [-0.15, -0.1) is 0 Å². The van der Waals surface area contributed by atoms with Gasteiger partial charge in [-0.25, -0.2) is 0 Å². The Morgan fingerprint density at radius 2 is 1.67 bits per heavy atom. The van der Waals surface area contributed by atoms with Gasteiger partial charge in [0.25, 0.3) is 0 Å². The Morgan fingerprint density at radius 1 is 1.08 bits per heavy atom. The minimum Gasteiger partial charge on any atom is -0.395 e. The van der Waals surface area contributed by atoms with Crippen molar-refractivity contribution in [2.45, 2.75) is 13.0 Å². The monoisotopic (exact) mass is 326 g/mol. The van der Waals surface area contributed by atoms with Gasteiger partial charge in [0.2, 0.25) is 5.91 Å². The highest BCUT2D eigenvalue weighted by molar-refractivity contribution is 5.92. The van der Waals surface area contributed by atoms with Crippen LogP contribution in [-0.2, 0) is 4.79 Å². The molecular weight excluding hydrogens is 304 g/mol. The second-order valence-corrected chi connectivity index (χ2v) is 5.58. The average molecular weight is 326 g/mol. The highest BCUT2D eigenvalue weighted by Crippen LogP contribution is 2.20. The molecule has 0 heterocycles. The molecule has 126 valence electrons. The Kier molecular flexibility index (Phi) is 6.60. The van der Waals surface area contributed by atoms with Gasteiger partial charge >= 0.3 is 0 Å². The first-order chi connectivity index (χ1) is 11.6. The van der Waals surface area contributed by atoms with Crippen LogP contribution in [0.15, 0.2) is 64.8 Å². The molecule has 0 aliphatic carbocycles. The van der Waals surface area contributed by atoms with Crippen molar-refractivity contribution in [2.24, 2.45) is 10.2 Å². The quantitative estimate of drug-likeness (QED) is 0.766. The SMILES string of the molecule is CC(CO)N(C)CC(=O)Nc1ccc(N=Nc2ccccc2)cc1. The molecule has 6 nitrogen and oxygen atoms in total. The van der Waals surface area contributed by atoms with E-state index in [4.69, 9.17) is 5.11 Å². The summed E-state index contributed by atoms with van der Waals surface area (Å²) >= 11 is 0. The van der Waals surface area contributed by atoms with Crippen molar-refractivity contribution in [2.75, 3.05) is 25.5 Å². The topological polar surface area (TPSA) is 77.3 Å². The third-order valence-electron chi connectivity index (χ3n) is 3.60. The number of likely N-dealkylation sites (N-methyl/N-ethyl adjacent to an activating group) is 1. The van der Waals surface area contributed by atoms with E-state index in [9.17, 15) is 4.79 Å². The van der Waals surface area contributed by atoms with Crippen LogP contribution in [-0.4, -0.2) is 42.2 Å². The number of amides is 1. The zero-order valence-corrected chi connectivity index (χ0v) is 13.9. The molecule has 2 rings (SSSR count).